The van der Waals surface area contributed by atoms with Crippen LogP contribution in [0.4, 0.5) is 17.1 Å². The molecule has 0 amide bonds. The molecule has 1 aliphatic rings. The van der Waals surface area contributed by atoms with Crippen LogP contribution in [0.2, 0.25) is 0 Å². The lowest BCUT2D eigenvalue weighted by atomic mass is 10.0. The summed E-state index contributed by atoms with van der Waals surface area (Å²) in [6.45, 7) is 0. The van der Waals surface area contributed by atoms with Crippen LogP contribution in [0, 0.1) is 30.3 Å². The van der Waals surface area contributed by atoms with E-state index in [1.165, 1.54) is 24.3 Å². The number of hydrazine groups is 1. The van der Waals surface area contributed by atoms with Gasteiger partial charge in [-0.25, -0.2) is 5.01 Å². The number of non-ortho nitro benzene ring substituents is 2. The molecule has 0 saturated carbocycles. The van der Waals surface area contributed by atoms with Crippen molar-refractivity contribution in [2.24, 2.45) is 0 Å². The van der Waals surface area contributed by atoms with Gasteiger partial charge in [0.25, 0.3) is 17.1 Å². The third kappa shape index (κ3) is 2.55. The van der Waals surface area contributed by atoms with Gasteiger partial charge in [-0.1, -0.05) is 0 Å². The van der Waals surface area contributed by atoms with Crippen molar-refractivity contribution in [3.8, 4) is 11.1 Å². The van der Waals surface area contributed by atoms with Crippen LogP contribution in [0.15, 0.2) is 30.3 Å². The third-order valence-corrected chi connectivity index (χ3v) is 4.38. The monoisotopic (exact) mass is 359 g/mol. The maximum atomic E-state index is 11.5. The van der Waals surface area contributed by atoms with E-state index in [2.05, 4.69) is 5.43 Å². The highest BCUT2D eigenvalue weighted by Gasteiger charge is 2.39. The molecule has 1 atom stereocenters. The molecule has 0 aromatic heterocycles. The largest absolute Gasteiger partial charge is 0.284 e. The Bertz CT molecular complexity index is 960. The molecular weight excluding hydrogens is 346 g/mol. The van der Waals surface area contributed by atoms with E-state index in [0.29, 0.717) is 16.7 Å². The molecule has 0 radical (unpaired) electrons. The van der Waals surface area contributed by atoms with Crippen molar-refractivity contribution in [2.75, 3.05) is 14.1 Å². The van der Waals surface area contributed by atoms with E-state index in [0.717, 1.165) is 6.07 Å². The number of fused-ring (bicyclic) bond motifs is 3. The molecule has 11 nitrogen and oxygen atoms in total. The molecule has 134 valence electrons. The van der Waals surface area contributed by atoms with Crippen LogP contribution in [-0.2, 0) is 0 Å². The average molecular weight is 359 g/mol. The van der Waals surface area contributed by atoms with E-state index in [1.54, 1.807) is 19.1 Å². The first-order valence-corrected chi connectivity index (χ1v) is 7.42. The highest BCUT2D eigenvalue weighted by atomic mass is 16.6. The molecule has 26 heavy (non-hydrogen) atoms. The normalized spacial score (nSPS) is 14.8. The Morgan fingerprint density at radius 1 is 0.923 bits per heavy atom. The lowest BCUT2D eigenvalue weighted by molar-refractivity contribution is -0.393. The Morgan fingerprint density at radius 2 is 1.54 bits per heavy atom. The summed E-state index contributed by atoms with van der Waals surface area (Å²) >= 11 is 0. The molecule has 2 aromatic carbocycles. The molecule has 0 aliphatic heterocycles. The number of nitro groups is 3. The standard InChI is InChI=1S/C15H13N5O6/c1-16-17(2)15-11-5-8(18(21)22)3-4-10(11)14-12(15)6-9(19(23)24)7-13(14)20(25)26/h3-7,15-16H,1-2H3/t15-/m1/s1. The van der Waals surface area contributed by atoms with E-state index < -0.39 is 32.2 Å². The SMILES string of the molecule is CNN(C)[C@@H]1c2cc([N+](=O)[O-])ccc2-c2c1cc([N+](=O)[O-])cc2[N+](=O)[O-]. The fourth-order valence-corrected chi connectivity index (χ4v) is 3.22. The van der Waals surface area contributed by atoms with Gasteiger partial charge in [0, 0.05) is 25.2 Å². The predicted octanol–water partition coefficient (Wildman–Crippen LogP) is 2.55. The molecule has 0 heterocycles. The molecule has 0 bridgehead atoms. The zero-order valence-corrected chi connectivity index (χ0v) is 13.7. The summed E-state index contributed by atoms with van der Waals surface area (Å²) in [7, 11) is 3.26. The van der Waals surface area contributed by atoms with Crippen LogP contribution >= 0.6 is 0 Å². The smallest absolute Gasteiger partial charge is 0.258 e. The Morgan fingerprint density at radius 3 is 2.08 bits per heavy atom. The van der Waals surface area contributed by atoms with Crippen LogP contribution in [0.5, 0.6) is 0 Å². The fourth-order valence-electron chi connectivity index (χ4n) is 3.22. The van der Waals surface area contributed by atoms with E-state index in [1.807, 2.05) is 0 Å². The second-order valence-corrected chi connectivity index (χ2v) is 5.71. The van der Waals surface area contributed by atoms with Gasteiger partial charge in [-0.3, -0.25) is 35.8 Å². The number of nitrogens with one attached hydrogen (secondary N) is 1. The van der Waals surface area contributed by atoms with Crippen LogP contribution in [-0.4, -0.2) is 33.9 Å². The second-order valence-electron chi connectivity index (χ2n) is 5.71. The molecule has 0 fully saturated rings. The number of nitro benzene ring substituents is 3. The van der Waals surface area contributed by atoms with Gasteiger partial charge in [-0.2, -0.15) is 0 Å². The minimum absolute atomic E-state index is 0.164. The number of rotatable bonds is 5. The highest BCUT2D eigenvalue weighted by Crippen LogP contribution is 2.51. The first kappa shape index (κ1) is 17.4. The van der Waals surface area contributed by atoms with Crippen molar-refractivity contribution in [3.05, 3.63) is 71.8 Å². The van der Waals surface area contributed by atoms with Gasteiger partial charge >= 0.3 is 0 Å². The van der Waals surface area contributed by atoms with Crippen molar-refractivity contribution in [1.29, 1.82) is 0 Å². The molecule has 0 spiro atoms. The van der Waals surface area contributed by atoms with Gasteiger partial charge in [0.2, 0.25) is 0 Å². The van der Waals surface area contributed by atoms with E-state index >= 15 is 0 Å². The Kier molecular flexibility index (Phi) is 4.10. The summed E-state index contributed by atoms with van der Waals surface area (Å²) in [6, 6.07) is 5.56. The minimum atomic E-state index is -0.699. The van der Waals surface area contributed by atoms with Crippen molar-refractivity contribution < 1.29 is 14.8 Å². The molecule has 3 rings (SSSR count). The first-order chi connectivity index (χ1) is 12.3. The van der Waals surface area contributed by atoms with E-state index in [4.69, 9.17) is 0 Å². The molecule has 11 heteroatoms. The van der Waals surface area contributed by atoms with E-state index in [9.17, 15) is 30.3 Å². The lowest BCUT2D eigenvalue weighted by Gasteiger charge is -2.24. The molecule has 2 aromatic rings. The van der Waals surface area contributed by atoms with Crippen molar-refractivity contribution in [1.82, 2.24) is 10.4 Å². The average Bonchev–Trinajstić information content (AvgIpc) is 2.93. The quantitative estimate of drug-likeness (QED) is 0.633. The Balaban J connectivity index is 2.37. The van der Waals surface area contributed by atoms with Gasteiger partial charge in [0.15, 0.2) is 0 Å². The molecular formula is C15H13N5O6. The topological polar surface area (TPSA) is 145 Å². The zero-order chi connectivity index (χ0) is 19.2. The minimum Gasteiger partial charge on any atom is -0.258 e. The van der Waals surface area contributed by atoms with Crippen LogP contribution < -0.4 is 5.43 Å². The summed E-state index contributed by atoms with van der Waals surface area (Å²) in [5.41, 5.74) is 3.37. The second kappa shape index (κ2) is 6.13. The van der Waals surface area contributed by atoms with Crippen molar-refractivity contribution in [3.63, 3.8) is 0 Å². The number of hydrogen-bond acceptors (Lipinski definition) is 8. The van der Waals surface area contributed by atoms with E-state index in [-0.39, 0.29) is 11.3 Å². The maximum absolute atomic E-state index is 11.5. The summed E-state index contributed by atoms with van der Waals surface area (Å²) < 4.78 is 0. The van der Waals surface area contributed by atoms with Gasteiger partial charge in [0.1, 0.15) is 0 Å². The Labute approximate surface area is 146 Å². The number of nitrogens with zero attached hydrogens (tertiary/aromatic N) is 4. The molecule has 0 unspecified atom stereocenters. The number of benzene rings is 2. The summed E-state index contributed by atoms with van der Waals surface area (Å²) in [4.78, 5) is 31.9. The molecule has 1 N–H and O–H groups in total. The summed E-state index contributed by atoms with van der Waals surface area (Å²) in [5.74, 6) is 0. The van der Waals surface area contributed by atoms with Crippen LogP contribution in [0.25, 0.3) is 11.1 Å². The van der Waals surface area contributed by atoms with Crippen molar-refractivity contribution >= 4 is 17.1 Å². The predicted molar refractivity (Wildman–Crippen MR) is 90.5 cm³/mol. The third-order valence-electron chi connectivity index (χ3n) is 4.38. The summed E-state index contributed by atoms with van der Waals surface area (Å²) in [6.07, 6.45) is 0. The van der Waals surface area contributed by atoms with Crippen molar-refractivity contribution in [2.45, 2.75) is 6.04 Å². The fraction of sp³-hybridized carbons (Fsp3) is 0.200. The first-order valence-electron chi connectivity index (χ1n) is 7.42. The van der Waals surface area contributed by atoms with Crippen LogP contribution in [0.1, 0.15) is 17.2 Å². The van der Waals surface area contributed by atoms with Gasteiger partial charge < -0.3 is 0 Å². The van der Waals surface area contributed by atoms with Gasteiger partial charge in [-0.15, -0.1) is 0 Å². The molecule has 1 aliphatic carbocycles. The van der Waals surface area contributed by atoms with Gasteiger partial charge in [-0.05, 0) is 29.8 Å². The molecule has 0 saturated heterocycles. The Hall–Kier alpha value is -3.44. The van der Waals surface area contributed by atoms with Gasteiger partial charge in [0.05, 0.1) is 32.4 Å². The number of hydrogen-bond donors (Lipinski definition) is 1. The maximum Gasteiger partial charge on any atom is 0.284 e. The van der Waals surface area contributed by atoms with Crippen LogP contribution in [0.3, 0.4) is 0 Å². The zero-order valence-electron chi connectivity index (χ0n) is 13.7. The lowest BCUT2D eigenvalue weighted by Crippen LogP contribution is -2.34. The highest BCUT2D eigenvalue weighted by molar-refractivity contribution is 5.87. The summed E-state index contributed by atoms with van der Waals surface area (Å²) in [5, 5.41) is 35.4.